The highest BCUT2D eigenvalue weighted by Gasteiger charge is 2.33. The topological polar surface area (TPSA) is 50.1 Å². The predicted octanol–water partition coefficient (Wildman–Crippen LogP) is 1.24. The fraction of sp³-hybridized carbons (Fsp3) is 1.00. The average molecular weight is 225 g/mol. The van der Waals surface area contributed by atoms with Gasteiger partial charge in [0.15, 0.2) is 0 Å². The molecule has 3 heteroatoms. The first-order valence-corrected chi connectivity index (χ1v) is 7.08. The molecule has 94 valence electrons. The monoisotopic (exact) mass is 225 g/mol. The van der Waals surface area contributed by atoms with Crippen LogP contribution >= 0.6 is 0 Å². The van der Waals surface area contributed by atoms with Crippen molar-refractivity contribution in [3.63, 3.8) is 0 Å². The molecule has 1 aliphatic heterocycles. The van der Waals surface area contributed by atoms with E-state index in [4.69, 9.17) is 5.73 Å². The lowest BCUT2D eigenvalue weighted by atomic mass is 9.88. The van der Waals surface area contributed by atoms with Gasteiger partial charge in [0.1, 0.15) is 0 Å². The van der Waals surface area contributed by atoms with Crippen molar-refractivity contribution in [2.24, 2.45) is 11.7 Å². The second kappa shape index (κ2) is 6.58. The molecule has 0 bridgehead atoms. The molecular formula is C13H27N3. The second-order valence-corrected chi connectivity index (χ2v) is 5.35. The quantitative estimate of drug-likeness (QED) is 0.617. The van der Waals surface area contributed by atoms with Crippen LogP contribution in [0.25, 0.3) is 0 Å². The Morgan fingerprint density at radius 2 is 2.06 bits per heavy atom. The summed E-state index contributed by atoms with van der Waals surface area (Å²) >= 11 is 0. The molecule has 2 fully saturated rings. The zero-order chi connectivity index (χ0) is 11.2. The molecule has 2 aliphatic rings. The first-order chi connectivity index (χ1) is 7.92. The lowest BCUT2D eigenvalue weighted by Gasteiger charge is -2.33. The Hall–Kier alpha value is -0.120. The molecule has 0 amide bonds. The van der Waals surface area contributed by atoms with Crippen molar-refractivity contribution in [2.45, 2.75) is 57.0 Å². The van der Waals surface area contributed by atoms with E-state index < -0.39 is 0 Å². The smallest absolute Gasteiger partial charge is 0.0110 e. The average Bonchev–Trinajstić information content (AvgIpc) is 2.79. The van der Waals surface area contributed by atoms with Crippen LogP contribution in [0.1, 0.15) is 44.9 Å². The third kappa shape index (κ3) is 3.19. The molecule has 0 radical (unpaired) electrons. The Kier molecular flexibility index (Phi) is 5.07. The van der Waals surface area contributed by atoms with Crippen molar-refractivity contribution in [1.29, 1.82) is 0 Å². The molecule has 1 saturated carbocycles. The minimum absolute atomic E-state index is 0.752. The van der Waals surface area contributed by atoms with Crippen LogP contribution < -0.4 is 16.4 Å². The van der Waals surface area contributed by atoms with Gasteiger partial charge in [-0.25, -0.2) is 0 Å². The Balaban J connectivity index is 1.77. The summed E-state index contributed by atoms with van der Waals surface area (Å²) in [6.07, 6.45) is 9.48. The fourth-order valence-electron chi connectivity index (χ4n) is 3.36. The molecule has 1 aliphatic carbocycles. The number of nitrogens with two attached hydrogens (primary N) is 1. The van der Waals surface area contributed by atoms with Crippen molar-refractivity contribution >= 4 is 0 Å². The van der Waals surface area contributed by atoms with Gasteiger partial charge in [-0.2, -0.15) is 0 Å². The highest BCUT2D eigenvalue weighted by atomic mass is 15.0. The van der Waals surface area contributed by atoms with Gasteiger partial charge in [-0.1, -0.05) is 12.8 Å². The molecule has 1 saturated heterocycles. The molecule has 2 rings (SSSR count). The molecular weight excluding hydrogens is 198 g/mol. The fourth-order valence-corrected chi connectivity index (χ4v) is 3.36. The number of hydrogen-bond donors (Lipinski definition) is 3. The Morgan fingerprint density at radius 1 is 1.12 bits per heavy atom. The predicted molar refractivity (Wildman–Crippen MR) is 68.4 cm³/mol. The van der Waals surface area contributed by atoms with Gasteiger partial charge in [-0.15, -0.1) is 0 Å². The van der Waals surface area contributed by atoms with Crippen molar-refractivity contribution in [2.75, 3.05) is 19.6 Å². The Morgan fingerprint density at radius 3 is 2.81 bits per heavy atom. The lowest BCUT2D eigenvalue weighted by Crippen LogP contribution is -2.47. The maximum Gasteiger partial charge on any atom is 0.0110 e. The largest absolute Gasteiger partial charge is 0.330 e. The summed E-state index contributed by atoms with van der Waals surface area (Å²) in [5.74, 6) is 0.873. The standard InChI is InChI=1S/C13H27N3/c14-8-4-10-16-13-7-3-5-11(13)12-6-1-2-9-15-12/h11-13,15-16H,1-10,14H2. The van der Waals surface area contributed by atoms with Crippen LogP contribution in [0.2, 0.25) is 0 Å². The maximum atomic E-state index is 5.54. The molecule has 1 heterocycles. The van der Waals surface area contributed by atoms with Crippen molar-refractivity contribution in [1.82, 2.24) is 10.6 Å². The summed E-state index contributed by atoms with van der Waals surface area (Å²) in [7, 11) is 0. The van der Waals surface area contributed by atoms with Gasteiger partial charge in [-0.05, 0) is 57.7 Å². The summed E-state index contributed by atoms with van der Waals surface area (Å²) in [5.41, 5.74) is 5.54. The first-order valence-electron chi connectivity index (χ1n) is 7.08. The van der Waals surface area contributed by atoms with Gasteiger partial charge in [0.05, 0.1) is 0 Å². The van der Waals surface area contributed by atoms with E-state index in [0.29, 0.717) is 0 Å². The number of rotatable bonds is 5. The Labute approximate surface area is 99.5 Å². The third-order valence-corrected chi connectivity index (χ3v) is 4.22. The Bertz CT molecular complexity index is 190. The molecule has 3 atom stereocenters. The van der Waals surface area contributed by atoms with Gasteiger partial charge in [0.2, 0.25) is 0 Å². The van der Waals surface area contributed by atoms with E-state index in [0.717, 1.165) is 37.5 Å². The van der Waals surface area contributed by atoms with Crippen molar-refractivity contribution < 1.29 is 0 Å². The number of piperidine rings is 1. The molecule has 4 N–H and O–H groups in total. The molecule has 16 heavy (non-hydrogen) atoms. The molecule has 0 spiro atoms. The van der Waals surface area contributed by atoms with Crippen LogP contribution in [0.5, 0.6) is 0 Å². The van der Waals surface area contributed by atoms with E-state index in [2.05, 4.69) is 10.6 Å². The van der Waals surface area contributed by atoms with Crippen LogP contribution in [-0.2, 0) is 0 Å². The zero-order valence-corrected chi connectivity index (χ0v) is 10.4. The van der Waals surface area contributed by atoms with Crippen LogP contribution in [0.3, 0.4) is 0 Å². The van der Waals surface area contributed by atoms with Crippen LogP contribution in [-0.4, -0.2) is 31.7 Å². The van der Waals surface area contributed by atoms with Gasteiger partial charge in [0, 0.05) is 12.1 Å². The minimum atomic E-state index is 0.752. The maximum absolute atomic E-state index is 5.54. The summed E-state index contributed by atoms with van der Waals surface area (Å²) in [5, 5.41) is 7.43. The van der Waals surface area contributed by atoms with Crippen LogP contribution in [0.15, 0.2) is 0 Å². The summed E-state index contributed by atoms with van der Waals surface area (Å²) in [6.45, 7) is 3.15. The minimum Gasteiger partial charge on any atom is -0.330 e. The zero-order valence-electron chi connectivity index (χ0n) is 10.4. The van der Waals surface area contributed by atoms with Crippen molar-refractivity contribution in [3.8, 4) is 0 Å². The highest BCUT2D eigenvalue weighted by Crippen LogP contribution is 2.31. The van der Waals surface area contributed by atoms with E-state index in [1.165, 1.54) is 45.1 Å². The van der Waals surface area contributed by atoms with Gasteiger partial charge in [-0.3, -0.25) is 0 Å². The lowest BCUT2D eigenvalue weighted by molar-refractivity contribution is 0.257. The van der Waals surface area contributed by atoms with Gasteiger partial charge in [0.25, 0.3) is 0 Å². The number of nitrogens with one attached hydrogen (secondary N) is 2. The van der Waals surface area contributed by atoms with Gasteiger partial charge >= 0.3 is 0 Å². The molecule has 0 aromatic carbocycles. The molecule has 0 aromatic heterocycles. The SMILES string of the molecule is NCCCNC1CCCC1C1CCCCN1. The molecule has 0 aromatic rings. The van der Waals surface area contributed by atoms with Crippen LogP contribution in [0.4, 0.5) is 0 Å². The van der Waals surface area contributed by atoms with Gasteiger partial charge < -0.3 is 16.4 Å². The van der Waals surface area contributed by atoms with E-state index in [1.54, 1.807) is 0 Å². The number of hydrogen-bond acceptors (Lipinski definition) is 3. The van der Waals surface area contributed by atoms with E-state index in [-0.39, 0.29) is 0 Å². The first kappa shape index (κ1) is 12.3. The normalized spacial score (nSPS) is 35.4. The summed E-state index contributed by atoms with van der Waals surface area (Å²) in [4.78, 5) is 0. The van der Waals surface area contributed by atoms with Crippen molar-refractivity contribution in [3.05, 3.63) is 0 Å². The van der Waals surface area contributed by atoms with E-state index >= 15 is 0 Å². The third-order valence-electron chi connectivity index (χ3n) is 4.22. The van der Waals surface area contributed by atoms with E-state index in [9.17, 15) is 0 Å². The summed E-state index contributed by atoms with van der Waals surface area (Å²) < 4.78 is 0. The molecule has 3 nitrogen and oxygen atoms in total. The van der Waals surface area contributed by atoms with E-state index in [1.807, 2.05) is 0 Å². The summed E-state index contributed by atoms with van der Waals surface area (Å²) in [6, 6.07) is 1.54. The van der Waals surface area contributed by atoms with Crippen LogP contribution in [0, 0.1) is 5.92 Å². The molecule has 3 unspecified atom stereocenters. The second-order valence-electron chi connectivity index (χ2n) is 5.35. The highest BCUT2D eigenvalue weighted by molar-refractivity contribution is 4.92.